The molecule has 2 aromatic rings. The number of carbonyl (C=O) groups excluding carboxylic acids is 1. The van der Waals surface area contributed by atoms with Crippen molar-refractivity contribution >= 4 is 39.7 Å². The molecule has 0 spiro atoms. The molecule has 0 unspecified atom stereocenters. The molecule has 0 saturated heterocycles. The van der Waals surface area contributed by atoms with Gasteiger partial charge in [-0.05, 0) is 51.7 Å². The monoisotopic (exact) mass is 328 g/mol. The van der Waals surface area contributed by atoms with Gasteiger partial charge < -0.3 is 0 Å². The largest absolute Gasteiger partial charge is 0.294 e. The first-order valence-electron chi connectivity index (χ1n) is 4.55. The van der Waals surface area contributed by atoms with E-state index in [1.165, 1.54) is 3.57 Å². The lowest BCUT2D eigenvalue weighted by Crippen LogP contribution is -2.01. The van der Waals surface area contributed by atoms with Crippen LogP contribution in [-0.4, -0.2) is 5.78 Å². The molecule has 0 aliphatic rings. The van der Waals surface area contributed by atoms with E-state index in [0.29, 0.717) is 6.42 Å². The highest BCUT2D eigenvalue weighted by Gasteiger charge is 2.06. The van der Waals surface area contributed by atoms with E-state index in [2.05, 4.69) is 22.6 Å². The molecule has 1 aromatic carbocycles. The van der Waals surface area contributed by atoms with Crippen molar-refractivity contribution in [1.29, 1.82) is 0 Å². The van der Waals surface area contributed by atoms with Crippen molar-refractivity contribution in [3.05, 3.63) is 55.8 Å². The lowest BCUT2D eigenvalue weighted by Gasteiger charge is -1.99. The summed E-state index contributed by atoms with van der Waals surface area (Å²) < 4.78 is 1.19. The lowest BCUT2D eigenvalue weighted by molar-refractivity contribution is 0.0993. The Balaban J connectivity index is 2.09. The third-order valence-corrected chi connectivity index (χ3v) is 3.52. The van der Waals surface area contributed by atoms with Crippen LogP contribution in [0.2, 0.25) is 0 Å². The normalized spacial score (nSPS) is 10.2. The van der Waals surface area contributed by atoms with Crippen LogP contribution in [0.25, 0.3) is 0 Å². The first-order valence-corrected chi connectivity index (χ1v) is 6.58. The standard InChI is InChI=1S/C12H9IOS/c13-11-3-1-9(2-4-11)7-12(14)10-5-6-15-8-10/h1-6,8H,7H2. The second-order valence-corrected chi connectivity index (χ2v) is 5.26. The van der Waals surface area contributed by atoms with Crippen molar-refractivity contribution in [2.24, 2.45) is 0 Å². The highest BCUT2D eigenvalue weighted by Crippen LogP contribution is 2.12. The fraction of sp³-hybridized carbons (Fsp3) is 0.0833. The minimum Gasteiger partial charge on any atom is -0.294 e. The molecule has 15 heavy (non-hydrogen) atoms. The van der Waals surface area contributed by atoms with Crippen LogP contribution < -0.4 is 0 Å². The average Bonchev–Trinajstić information content (AvgIpc) is 2.74. The van der Waals surface area contributed by atoms with Crippen molar-refractivity contribution in [1.82, 2.24) is 0 Å². The molecule has 3 heteroatoms. The zero-order valence-electron chi connectivity index (χ0n) is 7.94. The van der Waals surface area contributed by atoms with E-state index in [-0.39, 0.29) is 5.78 Å². The number of halogens is 1. The molecular weight excluding hydrogens is 319 g/mol. The quantitative estimate of drug-likeness (QED) is 0.619. The van der Waals surface area contributed by atoms with Crippen molar-refractivity contribution in [2.75, 3.05) is 0 Å². The van der Waals surface area contributed by atoms with Gasteiger partial charge in [0, 0.05) is 20.9 Å². The van der Waals surface area contributed by atoms with E-state index in [0.717, 1.165) is 11.1 Å². The van der Waals surface area contributed by atoms with Crippen LogP contribution in [-0.2, 0) is 6.42 Å². The Morgan fingerprint density at radius 1 is 1.20 bits per heavy atom. The second kappa shape index (κ2) is 4.90. The number of carbonyl (C=O) groups is 1. The second-order valence-electron chi connectivity index (χ2n) is 3.24. The van der Waals surface area contributed by atoms with Gasteiger partial charge in [-0.25, -0.2) is 0 Å². The van der Waals surface area contributed by atoms with E-state index in [9.17, 15) is 4.79 Å². The number of ketones is 1. The molecule has 0 atom stereocenters. The van der Waals surface area contributed by atoms with Crippen LogP contribution >= 0.6 is 33.9 Å². The molecule has 1 heterocycles. The van der Waals surface area contributed by atoms with Crippen LogP contribution in [0.1, 0.15) is 15.9 Å². The van der Waals surface area contributed by atoms with Crippen LogP contribution in [0.15, 0.2) is 41.1 Å². The maximum atomic E-state index is 11.8. The fourth-order valence-electron chi connectivity index (χ4n) is 1.31. The molecule has 1 aromatic heterocycles. The van der Waals surface area contributed by atoms with Gasteiger partial charge in [0.05, 0.1) is 0 Å². The molecule has 0 amide bonds. The Bertz CT molecular complexity index is 445. The molecule has 0 N–H and O–H groups in total. The van der Waals surface area contributed by atoms with Crippen LogP contribution in [0.4, 0.5) is 0 Å². The van der Waals surface area contributed by atoms with Gasteiger partial charge in [-0.3, -0.25) is 4.79 Å². The Morgan fingerprint density at radius 3 is 2.53 bits per heavy atom. The minimum atomic E-state index is 0.192. The summed E-state index contributed by atoms with van der Waals surface area (Å²) >= 11 is 3.82. The van der Waals surface area contributed by atoms with E-state index in [4.69, 9.17) is 0 Å². The summed E-state index contributed by atoms with van der Waals surface area (Å²) in [7, 11) is 0. The Labute approximate surface area is 106 Å². The minimum absolute atomic E-state index is 0.192. The van der Waals surface area contributed by atoms with E-state index in [1.54, 1.807) is 11.3 Å². The summed E-state index contributed by atoms with van der Waals surface area (Å²) in [5.41, 5.74) is 1.89. The first-order chi connectivity index (χ1) is 7.25. The maximum Gasteiger partial charge on any atom is 0.168 e. The van der Waals surface area contributed by atoms with Gasteiger partial charge in [-0.2, -0.15) is 11.3 Å². The van der Waals surface area contributed by atoms with Crippen molar-refractivity contribution in [2.45, 2.75) is 6.42 Å². The van der Waals surface area contributed by atoms with E-state index in [1.807, 2.05) is 41.1 Å². The summed E-state index contributed by atoms with van der Waals surface area (Å²) in [4.78, 5) is 11.8. The summed E-state index contributed by atoms with van der Waals surface area (Å²) in [5.74, 6) is 0.192. The van der Waals surface area contributed by atoms with Gasteiger partial charge in [-0.15, -0.1) is 0 Å². The number of rotatable bonds is 3. The summed E-state index contributed by atoms with van der Waals surface area (Å²) in [6.07, 6.45) is 0.494. The molecule has 0 fully saturated rings. The van der Waals surface area contributed by atoms with Gasteiger partial charge in [0.25, 0.3) is 0 Å². The summed E-state index contributed by atoms with van der Waals surface area (Å²) in [6, 6.07) is 9.94. The number of hydrogen-bond acceptors (Lipinski definition) is 2. The predicted octanol–water partition coefficient (Wildman–Crippen LogP) is 3.78. The van der Waals surface area contributed by atoms with Crippen LogP contribution in [0.5, 0.6) is 0 Å². The number of Topliss-reactive ketones (excluding diaryl/α,β-unsaturated/α-hetero) is 1. The summed E-state index contributed by atoms with van der Waals surface area (Å²) in [5, 5.41) is 3.83. The van der Waals surface area contributed by atoms with Gasteiger partial charge in [0.15, 0.2) is 5.78 Å². The SMILES string of the molecule is O=C(Cc1ccc(I)cc1)c1ccsc1. The molecule has 1 nitrogen and oxygen atoms in total. The molecule has 0 bridgehead atoms. The van der Waals surface area contributed by atoms with Gasteiger partial charge in [0.1, 0.15) is 0 Å². The van der Waals surface area contributed by atoms with Crippen LogP contribution in [0.3, 0.4) is 0 Å². The van der Waals surface area contributed by atoms with E-state index < -0.39 is 0 Å². The Kier molecular flexibility index (Phi) is 3.53. The first kappa shape index (κ1) is 10.8. The summed E-state index contributed by atoms with van der Waals surface area (Å²) in [6.45, 7) is 0. The smallest absolute Gasteiger partial charge is 0.168 e. The Morgan fingerprint density at radius 2 is 1.93 bits per heavy atom. The average molecular weight is 328 g/mol. The molecule has 0 radical (unpaired) electrons. The molecule has 76 valence electrons. The van der Waals surface area contributed by atoms with Crippen molar-refractivity contribution in [3.8, 4) is 0 Å². The zero-order valence-corrected chi connectivity index (χ0v) is 10.9. The maximum absolute atomic E-state index is 11.8. The highest BCUT2D eigenvalue weighted by atomic mass is 127. The lowest BCUT2D eigenvalue weighted by atomic mass is 10.1. The third-order valence-electron chi connectivity index (χ3n) is 2.12. The zero-order chi connectivity index (χ0) is 10.7. The predicted molar refractivity (Wildman–Crippen MR) is 71.5 cm³/mol. The topological polar surface area (TPSA) is 17.1 Å². The fourth-order valence-corrected chi connectivity index (χ4v) is 2.33. The van der Waals surface area contributed by atoms with Crippen LogP contribution in [0, 0.1) is 3.57 Å². The molecule has 0 aliphatic heterocycles. The molecular formula is C12H9IOS. The van der Waals surface area contributed by atoms with E-state index >= 15 is 0 Å². The Hall–Kier alpha value is -0.680. The number of benzene rings is 1. The molecule has 2 rings (SSSR count). The molecule has 0 saturated carbocycles. The van der Waals surface area contributed by atoms with Crippen molar-refractivity contribution in [3.63, 3.8) is 0 Å². The third kappa shape index (κ3) is 2.89. The van der Waals surface area contributed by atoms with Crippen molar-refractivity contribution < 1.29 is 4.79 Å². The van der Waals surface area contributed by atoms with Gasteiger partial charge in [0.2, 0.25) is 0 Å². The number of thiophene rings is 1. The number of hydrogen-bond donors (Lipinski definition) is 0. The molecule has 0 aliphatic carbocycles. The van der Waals surface area contributed by atoms with Gasteiger partial charge in [-0.1, -0.05) is 12.1 Å². The van der Waals surface area contributed by atoms with Gasteiger partial charge >= 0.3 is 0 Å². The highest BCUT2D eigenvalue weighted by molar-refractivity contribution is 14.1.